The average Bonchev–Trinajstić information content (AvgIpc) is 2.97. The van der Waals surface area contributed by atoms with Gasteiger partial charge < -0.3 is 9.63 Å². The smallest absolute Gasteiger partial charge is 0.310 e. The van der Waals surface area contributed by atoms with Crippen LogP contribution in [-0.2, 0) is 11.2 Å². The average molecular weight is 286 g/mol. The Hall–Kier alpha value is -2.17. The zero-order valence-electron chi connectivity index (χ0n) is 11.8. The highest BCUT2D eigenvalue weighted by Gasteiger charge is 2.41. The monoisotopic (exact) mass is 286 g/mol. The van der Waals surface area contributed by atoms with E-state index >= 15 is 0 Å². The Balaban J connectivity index is 1.81. The summed E-state index contributed by atoms with van der Waals surface area (Å²) in [6.07, 6.45) is 4.70. The SMILES string of the molecule is O=C(O)C1(Cc2nc(-c3ccccc3)no2)CCCCC1. The zero-order chi connectivity index (χ0) is 14.7. The predicted octanol–water partition coefficient (Wildman–Crippen LogP) is 3.31. The molecular weight excluding hydrogens is 268 g/mol. The van der Waals surface area contributed by atoms with Crippen LogP contribution in [0.3, 0.4) is 0 Å². The van der Waals surface area contributed by atoms with Crippen LogP contribution >= 0.6 is 0 Å². The Morgan fingerprint density at radius 1 is 1.19 bits per heavy atom. The third-order valence-corrected chi connectivity index (χ3v) is 4.25. The fourth-order valence-corrected chi connectivity index (χ4v) is 3.02. The van der Waals surface area contributed by atoms with Gasteiger partial charge in [-0.1, -0.05) is 54.8 Å². The number of aromatic nitrogens is 2. The summed E-state index contributed by atoms with van der Waals surface area (Å²) in [6.45, 7) is 0. The molecule has 0 spiro atoms. The van der Waals surface area contributed by atoms with Crippen LogP contribution in [-0.4, -0.2) is 21.2 Å². The van der Waals surface area contributed by atoms with Crippen molar-refractivity contribution in [3.05, 3.63) is 36.2 Å². The van der Waals surface area contributed by atoms with Crippen molar-refractivity contribution in [3.63, 3.8) is 0 Å². The summed E-state index contributed by atoms with van der Waals surface area (Å²) < 4.78 is 5.27. The number of hydrogen-bond acceptors (Lipinski definition) is 4. The summed E-state index contributed by atoms with van der Waals surface area (Å²) >= 11 is 0. The normalized spacial score (nSPS) is 17.5. The molecule has 0 radical (unpaired) electrons. The Morgan fingerprint density at radius 2 is 1.90 bits per heavy atom. The molecular formula is C16H18N2O3. The van der Waals surface area contributed by atoms with Gasteiger partial charge in [-0.2, -0.15) is 4.98 Å². The summed E-state index contributed by atoms with van der Waals surface area (Å²) in [5.41, 5.74) is 0.138. The van der Waals surface area contributed by atoms with Crippen LogP contribution < -0.4 is 0 Å². The van der Waals surface area contributed by atoms with Gasteiger partial charge in [-0.05, 0) is 12.8 Å². The molecule has 0 saturated heterocycles. The number of carbonyl (C=O) groups is 1. The van der Waals surface area contributed by atoms with E-state index in [4.69, 9.17) is 4.52 Å². The van der Waals surface area contributed by atoms with E-state index in [0.717, 1.165) is 24.8 Å². The molecule has 1 aliphatic rings. The van der Waals surface area contributed by atoms with Gasteiger partial charge >= 0.3 is 5.97 Å². The van der Waals surface area contributed by atoms with E-state index in [0.29, 0.717) is 31.0 Å². The summed E-state index contributed by atoms with van der Waals surface area (Å²) in [4.78, 5) is 16.0. The minimum atomic E-state index is -0.748. The van der Waals surface area contributed by atoms with Crippen LogP contribution in [0.5, 0.6) is 0 Å². The van der Waals surface area contributed by atoms with Crippen molar-refractivity contribution in [2.24, 2.45) is 5.41 Å². The van der Waals surface area contributed by atoms with Crippen molar-refractivity contribution in [3.8, 4) is 11.4 Å². The molecule has 0 atom stereocenters. The van der Waals surface area contributed by atoms with Crippen LogP contribution in [0, 0.1) is 5.41 Å². The first-order chi connectivity index (χ1) is 10.2. The molecule has 0 unspecified atom stereocenters. The highest BCUT2D eigenvalue weighted by molar-refractivity contribution is 5.75. The maximum absolute atomic E-state index is 11.7. The van der Waals surface area contributed by atoms with Crippen molar-refractivity contribution >= 4 is 5.97 Å². The number of hydrogen-bond donors (Lipinski definition) is 1. The van der Waals surface area contributed by atoms with Crippen LogP contribution in [0.2, 0.25) is 0 Å². The zero-order valence-corrected chi connectivity index (χ0v) is 11.8. The Bertz CT molecular complexity index is 615. The van der Waals surface area contributed by atoms with E-state index in [1.807, 2.05) is 30.3 Å². The number of nitrogens with zero attached hydrogens (tertiary/aromatic N) is 2. The minimum Gasteiger partial charge on any atom is -0.481 e. The molecule has 1 heterocycles. The fourth-order valence-electron chi connectivity index (χ4n) is 3.02. The lowest BCUT2D eigenvalue weighted by Gasteiger charge is -2.31. The predicted molar refractivity (Wildman–Crippen MR) is 76.6 cm³/mol. The van der Waals surface area contributed by atoms with Gasteiger partial charge in [-0.3, -0.25) is 4.79 Å². The van der Waals surface area contributed by atoms with E-state index in [1.54, 1.807) is 0 Å². The van der Waals surface area contributed by atoms with Gasteiger partial charge in [0.25, 0.3) is 0 Å². The second-order valence-electron chi connectivity index (χ2n) is 5.70. The van der Waals surface area contributed by atoms with Gasteiger partial charge in [0.05, 0.1) is 5.41 Å². The standard InChI is InChI=1S/C16H18N2O3/c19-15(20)16(9-5-2-6-10-16)11-13-17-14(18-21-13)12-7-3-1-4-8-12/h1,3-4,7-8H,2,5-6,9-11H2,(H,19,20). The molecule has 2 aromatic rings. The van der Waals surface area contributed by atoms with E-state index in [-0.39, 0.29) is 0 Å². The minimum absolute atomic E-state index is 0.322. The summed E-state index contributed by atoms with van der Waals surface area (Å²) in [6, 6.07) is 9.55. The second kappa shape index (κ2) is 5.68. The Morgan fingerprint density at radius 3 is 2.57 bits per heavy atom. The lowest BCUT2D eigenvalue weighted by atomic mass is 9.72. The number of carboxylic acid groups (broad SMARTS) is 1. The number of aliphatic carboxylic acids is 1. The Kier molecular flexibility index (Phi) is 3.73. The van der Waals surface area contributed by atoms with Crippen LogP contribution in [0.15, 0.2) is 34.9 Å². The van der Waals surface area contributed by atoms with Gasteiger partial charge in [0, 0.05) is 12.0 Å². The first kappa shape index (κ1) is 13.8. The molecule has 110 valence electrons. The van der Waals surface area contributed by atoms with Crippen molar-refractivity contribution in [2.45, 2.75) is 38.5 Å². The van der Waals surface area contributed by atoms with Gasteiger partial charge in [0.2, 0.25) is 11.7 Å². The first-order valence-corrected chi connectivity index (χ1v) is 7.31. The largest absolute Gasteiger partial charge is 0.481 e. The molecule has 0 bridgehead atoms. The van der Waals surface area contributed by atoms with Crippen molar-refractivity contribution in [1.29, 1.82) is 0 Å². The quantitative estimate of drug-likeness (QED) is 0.933. The molecule has 1 aromatic heterocycles. The van der Waals surface area contributed by atoms with Gasteiger partial charge in [0.1, 0.15) is 0 Å². The second-order valence-corrected chi connectivity index (χ2v) is 5.70. The first-order valence-electron chi connectivity index (χ1n) is 7.31. The molecule has 1 aromatic carbocycles. The molecule has 3 rings (SSSR count). The molecule has 5 nitrogen and oxygen atoms in total. The molecule has 1 fully saturated rings. The molecule has 5 heteroatoms. The van der Waals surface area contributed by atoms with Gasteiger partial charge in [-0.15, -0.1) is 0 Å². The van der Waals surface area contributed by atoms with E-state index in [1.165, 1.54) is 0 Å². The third kappa shape index (κ3) is 2.82. The molecule has 21 heavy (non-hydrogen) atoms. The lowest BCUT2D eigenvalue weighted by molar-refractivity contribution is -0.151. The highest BCUT2D eigenvalue weighted by Crippen LogP contribution is 2.39. The molecule has 1 aliphatic carbocycles. The highest BCUT2D eigenvalue weighted by atomic mass is 16.5. The van der Waals surface area contributed by atoms with Crippen molar-refractivity contribution in [2.75, 3.05) is 0 Å². The maximum atomic E-state index is 11.7. The van der Waals surface area contributed by atoms with E-state index < -0.39 is 11.4 Å². The third-order valence-electron chi connectivity index (χ3n) is 4.25. The molecule has 1 N–H and O–H groups in total. The fraction of sp³-hybridized carbons (Fsp3) is 0.438. The number of rotatable bonds is 4. The van der Waals surface area contributed by atoms with E-state index in [2.05, 4.69) is 10.1 Å². The Labute approximate surface area is 123 Å². The maximum Gasteiger partial charge on any atom is 0.310 e. The summed E-state index contributed by atoms with van der Waals surface area (Å²) in [7, 11) is 0. The van der Waals surface area contributed by atoms with Gasteiger partial charge in [0.15, 0.2) is 0 Å². The number of carboxylic acids is 1. The topological polar surface area (TPSA) is 76.2 Å². The molecule has 0 amide bonds. The summed E-state index contributed by atoms with van der Waals surface area (Å²) in [5, 5.41) is 13.5. The lowest BCUT2D eigenvalue weighted by Crippen LogP contribution is -2.35. The van der Waals surface area contributed by atoms with Crippen LogP contribution in [0.1, 0.15) is 38.0 Å². The molecule has 0 aliphatic heterocycles. The van der Waals surface area contributed by atoms with Crippen molar-refractivity contribution in [1.82, 2.24) is 10.1 Å². The number of benzene rings is 1. The van der Waals surface area contributed by atoms with E-state index in [9.17, 15) is 9.90 Å². The van der Waals surface area contributed by atoms with Gasteiger partial charge in [-0.25, -0.2) is 0 Å². The van der Waals surface area contributed by atoms with Crippen LogP contribution in [0.4, 0.5) is 0 Å². The summed E-state index contributed by atoms with van der Waals surface area (Å²) in [5.74, 6) is 0.182. The molecule has 1 saturated carbocycles. The van der Waals surface area contributed by atoms with Crippen molar-refractivity contribution < 1.29 is 14.4 Å². The van der Waals surface area contributed by atoms with Crippen LogP contribution in [0.25, 0.3) is 11.4 Å².